The van der Waals surface area contributed by atoms with E-state index in [-0.39, 0.29) is 5.91 Å². The highest BCUT2D eigenvalue weighted by molar-refractivity contribution is 7.92. The second kappa shape index (κ2) is 9.95. The van der Waals surface area contributed by atoms with E-state index in [4.69, 9.17) is 0 Å². The molecule has 0 spiro atoms. The molecule has 1 aromatic carbocycles. The van der Waals surface area contributed by atoms with Gasteiger partial charge in [-0.2, -0.15) is 0 Å². The van der Waals surface area contributed by atoms with Crippen LogP contribution in [0.5, 0.6) is 0 Å². The van der Waals surface area contributed by atoms with Gasteiger partial charge in [0, 0.05) is 6.54 Å². The van der Waals surface area contributed by atoms with Gasteiger partial charge in [0.05, 0.1) is 11.9 Å². The topological polar surface area (TPSA) is 66.5 Å². The molecule has 0 saturated heterocycles. The standard InChI is InChI=1S/C20H34N2O3S/c1-7-9-10-18(8-2)14-21-20(23)17(5)22(26(6,24)25)19-12-15(3)11-16(4)13-19/h11-13,17-18H,7-10,14H2,1-6H3,(H,21,23)/t17-,18+/m1/s1. The summed E-state index contributed by atoms with van der Waals surface area (Å²) in [6.07, 6.45) is 5.50. The fraction of sp³-hybridized carbons (Fsp3) is 0.650. The number of hydrogen-bond donors (Lipinski definition) is 1. The Hall–Kier alpha value is -1.56. The SMILES string of the molecule is CCCC[C@H](CC)CNC(=O)[C@@H](C)N(c1cc(C)cc(C)c1)S(C)(=O)=O. The lowest BCUT2D eigenvalue weighted by Gasteiger charge is -2.29. The van der Waals surface area contributed by atoms with Crippen molar-refractivity contribution >= 4 is 21.6 Å². The summed E-state index contributed by atoms with van der Waals surface area (Å²) in [5.74, 6) is 0.170. The summed E-state index contributed by atoms with van der Waals surface area (Å²) >= 11 is 0. The van der Waals surface area contributed by atoms with Crippen LogP contribution in [0, 0.1) is 19.8 Å². The van der Waals surface area contributed by atoms with Crippen LogP contribution < -0.4 is 9.62 Å². The Morgan fingerprint density at radius 3 is 2.19 bits per heavy atom. The summed E-state index contributed by atoms with van der Waals surface area (Å²) < 4.78 is 26.0. The molecule has 1 N–H and O–H groups in total. The molecule has 2 atom stereocenters. The van der Waals surface area contributed by atoms with Crippen molar-refractivity contribution in [3.8, 4) is 0 Å². The van der Waals surface area contributed by atoms with E-state index in [0.29, 0.717) is 18.2 Å². The van der Waals surface area contributed by atoms with Crippen LogP contribution >= 0.6 is 0 Å². The van der Waals surface area contributed by atoms with Crippen molar-refractivity contribution in [3.05, 3.63) is 29.3 Å². The van der Waals surface area contributed by atoms with Crippen LogP contribution in [-0.4, -0.2) is 33.2 Å². The number of sulfonamides is 1. The smallest absolute Gasteiger partial charge is 0.243 e. The first-order valence-corrected chi connectivity index (χ1v) is 11.3. The summed E-state index contributed by atoms with van der Waals surface area (Å²) in [5, 5.41) is 2.95. The molecule has 0 aliphatic rings. The Balaban J connectivity index is 2.96. The van der Waals surface area contributed by atoms with Crippen LogP contribution in [0.3, 0.4) is 0 Å². The number of aryl methyl sites for hydroxylation is 2. The molecule has 0 aromatic heterocycles. The molecule has 1 aromatic rings. The average molecular weight is 383 g/mol. The van der Waals surface area contributed by atoms with Crippen LogP contribution in [0.2, 0.25) is 0 Å². The van der Waals surface area contributed by atoms with Gasteiger partial charge in [0.2, 0.25) is 15.9 Å². The van der Waals surface area contributed by atoms with Crippen molar-refractivity contribution in [2.24, 2.45) is 5.92 Å². The third-order valence-corrected chi connectivity index (χ3v) is 5.90. The number of amides is 1. The number of nitrogens with one attached hydrogen (secondary N) is 1. The summed E-state index contributed by atoms with van der Waals surface area (Å²) in [6.45, 7) is 10.3. The lowest BCUT2D eigenvalue weighted by Crippen LogP contribution is -2.48. The zero-order valence-electron chi connectivity index (χ0n) is 17.0. The van der Waals surface area contributed by atoms with Gasteiger partial charge in [0.1, 0.15) is 6.04 Å². The van der Waals surface area contributed by atoms with Crippen LogP contribution in [0.1, 0.15) is 57.6 Å². The number of benzene rings is 1. The van der Waals surface area contributed by atoms with Crippen LogP contribution in [0.15, 0.2) is 18.2 Å². The molecular formula is C20H34N2O3S. The average Bonchev–Trinajstić information content (AvgIpc) is 2.52. The van der Waals surface area contributed by atoms with Crippen molar-refractivity contribution in [2.45, 2.75) is 66.3 Å². The normalized spacial score (nSPS) is 13.9. The Morgan fingerprint density at radius 2 is 1.73 bits per heavy atom. The van der Waals surface area contributed by atoms with Gasteiger partial charge in [-0.25, -0.2) is 8.42 Å². The van der Waals surface area contributed by atoms with Gasteiger partial charge in [-0.15, -0.1) is 0 Å². The first-order valence-electron chi connectivity index (χ1n) is 9.45. The van der Waals surface area contributed by atoms with Crippen molar-refractivity contribution in [1.82, 2.24) is 5.32 Å². The molecule has 5 nitrogen and oxygen atoms in total. The van der Waals surface area contributed by atoms with E-state index < -0.39 is 16.1 Å². The fourth-order valence-electron chi connectivity index (χ4n) is 3.22. The number of carbonyl (C=O) groups excluding carboxylic acids is 1. The van der Waals surface area contributed by atoms with Gasteiger partial charge in [0.25, 0.3) is 0 Å². The lowest BCUT2D eigenvalue weighted by molar-refractivity contribution is -0.122. The molecule has 0 bridgehead atoms. The minimum Gasteiger partial charge on any atom is -0.354 e. The highest BCUT2D eigenvalue weighted by atomic mass is 32.2. The minimum absolute atomic E-state index is 0.260. The summed E-state index contributed by atoms with van der Waals surface area (Å²) in [4.78, 5) is 12.7. The Bertz CT molecular complexity index is 681. The predicted octanol–water partition coefficient (Wildman–Crippen LogP) is 3.79. The highest BCUT2D eigenvalue weighted by Crippen LogP contribution is 2.24. The van der Waals surface area contributed by atoms with Crippen LogP contribution in [0.25, 0.3) is 0 Å². The number of rotatable bonds is 10. The Kier molecular flexibility index (Phi) is 8.60. The monoisotopic (exact) mass is 382 g/mol. The van der Waals surface area contributed by atoms with Crippen molar-refractivity contribution in [1.29, 1.82) is 0 Å². The fourth-order valence-corrected chi connectivity index (χ4v) is 4.38. The Labute approximate surface area is 159 Å². The maximum Gasteiger partial charge on any atom is 0.243 e. The zero-order chi connectivity index (χ0) is 19.9. The summed E-state index contributed by atoms with van der Waals surface area (Å²) in [5.41, 5.74) is 2.46. The second-order valence-electron chi connectivity index (χ2n) is 7.24. The second-order valence-corrected chi connectivity index (χ2v) is 9.10. The van der Waals surface area contributed by atoms with Gasteiger partial charge in [-0.3, -0.25) is 9.10 Å². The van der Waals surface area contributed by atoms with Gasteiger partial charge in [-0.1, -0.05) is 39.2 Å². The number of unbranched alkanes of at least 4 members (excludes halogenated alkanes) is 1. The van der Waals surface area contributed by atoms with Gasteiger partial charge in [-0.05, 0) is 56.4 Å². The molecule has 0 fully saturated rings. The zero-order valence-corrected chi connectivity index (χ0v) is 17.8. The quantitative estimate of drug-likeness (QED) is 0.669. The number of hydrogen-bond acceptors (Lipinski definition) is 3. The molecule has 0 unspecified atom stereocenters. The largest absolute Gasteiger partial charge is 0.354 e. The van der Waals surface area contributed by atoms with E-state index in [2.05, 4.69) is 19.2 Å². The molecule has 0 radical (unpaired) electrons. The van der Waals surface area contributed by atoms with Gasteiger partial charge in [0.15, 0.2) is 0 Å². The van der Waals surface area contributed by atoms with Crippen molar-refractivity contribution in [3.63, 3.8) is 0 Å². The molecule has 0 aliphatic carbocycles. The van der Waals surface area contributed by atoms with Gasteiger partial charge < -0.3 is 5.32 Å². The summed E-state index contributed by atoms with van der Waals surface area (Å²) in [7, 11) is -3.58. The number of nitrogens with zero attached hydrogens (tertiary/aromatic N) is 1. The molecule has 1 rings (SSSR count). The highest BCUT2D eigenvalue weighted by Gasteiger charge is 2.29. The van der Waals surface area contributed by atoms with E-state index in [9.17, 15) is 13.2 Å². The third kappa shape index (κ3) is 6.63. The number of carbonyl (C=O) groups is 1. The van der Waals surface area contributed by atoms with E-state index >= 15 is 0 Å². The molecule has 1 amide bonds. The third-order valence-electron chi connectivity index (χ3n) is 4.66. The van der Waals surface area contributed by atoms with Crippen LogP contribution in [-0.2, 0) is 14.8 Å². The maximum atomic E-state index is 12.7. The summed E-state index contributed by atoms with van der Waals surface area (Å²) in [6, 6.07) is 4.78. The van der Waals surface area contributed by atoms with Crippen molar-refractivity contribution in [2.75, 3.05) is 17.1 Å². The van der Waals surface area contributed by atoms with E-state index in [1.807, 2.05) is 19.9 Å². The van der Waals surface area contributed by atoms with E-state index in [1.165, 1.54) is 4.31 Å². The minimum atomic E-state index is -3.58. The first-order chi connectivity index (χ1) is 12.1. The Morgan fingerprint density at radius 1 is 1.15 bits per heavy atom. The molecule has 0 aliphatic heterocycles. The molecular weight excluding hydrogens is 348 g/mol. The predicted molar refractivity (Wildman–Crippen MR) is 109 cm³/mol. The molecule has 0 saturated carbocycles. The number of anilines is 1. The first kappa shape index (κ1) is 22.5. The molecule has 148 valence electrons. The van der Waals surface area contributed by atoms with Crippen LogP contribution in [0.4, 0.5) is 5.69 Å². The van der Waals surface area contributed by atoms with E-state index in [0.717, 1.165) is 43.1 Å². The van der Waals surface area contributed by atoms with E-state index in [1.54, 1.807) is 19.1 Å². The molecule has 0 heterocycles. The lowest BCUT2D eigenvalue weighted by atomic mass is 9.99. The molecule has 6 heteroatoms. The van der Waals surface area contributed by atoms with Crippen molar-refractivity contribution < 1.29 is 13.2 Å². The van der Waals surface area contributed by atoms with Gasteiger partial charge >= 0.3 is 0 Å². The molecule has 26 heavy (non-hydrogen) atoms. The maximum absolute atomic E-state index is 12.7.